The normalized spacial score (nSPS) is 11.2. The number of rotatable bonds is 5. The SMILES string of the molecule is CC(C)CCCCC(=O)ONC(=O)OC(C)(C)C. The highest BCUT2D eigenvalue weighted by molar-refractivity contribution is 5.73. The molecule has 0 aliphatic carbocycles. The van der Waals surface area contributed by atoms with Crippen LogP contribution < -0.4 is 5.48 Å². The fourth-order valence-electron chi connectivity index (χ4n) is 1.27. The van der Waals surface area contributed by atoms with E-state index in [0.29, 0.717) is 12.3 Å². The van der Waals surface area contributed by atoms with Gasteiger partial charge in [-0.25, -0.2) is 9.59 Å². The van der Waals surface area contributed by atoms with Gasteiger partial charge in [0.05, 0.1) is 0 Å². The van der Waals surface area contributed by atoms with E-state index < -0.39 is 17.7 Å². The molecule has 0 aliphatic heterocycles. The monoisotopic (exact) mass is 259 g/mol. The minimum Gasteiger partial charge on any atom is -0.442 e. The predicted molar refractivity (Wildman–Crippen MR) is 68.8 cm³/mol. The lowest BCUT2D eigenvalue weighted by atomic mass is 10.1. The maximum Gasteiger partial charge on any atom is 0.441 e. The van der Waals surface area contributed by atoms with E-state index in [4.69, 9.17) is 4.74 Å². The molecule has 0 atom stereocenters. The number of amides is 1. The second-order valence-corrected chi connectivity index (χ2v) is 5.72. The maximum atomic E-state index is 11.3. The molecule has 1 amide bonds. The predicted octanol–water partition coefficient (Wildman–Crippen LogP) is 3.19. The Hall–Kier alpha value is -1.26. The molecule has 106 valence electrons. The van der Waals surface area contributed by atoms with Gasteiger partial charge in [-0.15, -0.1) is 5.48 Å². The molecule has 0 saturated carbocycles. The first kappa shape index (κ1) is 16.7. The number of nitrogens with one attached hydrogen (secondary N) is 1. The molecule has 0 rings (SSSR count). The van der Waals surface area contributed by atoms with Crippen molar-refractivity contribution >= 4 is 12.1 Å². The van der Waals surface area contributed by atoms with Crippen molar-refractivity contribution in [3.05, 3.63) is 0 Å². The summed E-state index contributed by atoms with van der Waals surface area (Å²) in [4.78, 5) is 27.0. The van der Waals surface area contributed by atoms with Crippen LogP contribution in [0.3, 0.4) is 0 Å². The van der Waals surface area contributed by atoms with Gasteiger partial charge in [-0.3, -0.25) is 0 Å². The molecule has 0 radical (unpaired) electrons. The molecule has 1 N–H and O–H groups in total. The number of hydrogen-bond donors (Lipinski definition) is 1. The highest BCUT2D eigenvalue weighted by Crippen LogP contribution is 2.09. The summed E-state index contributed by atoms with van der Waals surface area (Å²) in [5, 5.41) is 0. The molecule has 0 aliphatic rings. The summed E-state index contributed by atoms with van der Waals surface area (Å²) in [5.74, 6) is 0.200. The van der Waals surface area contributed by atoms with Crippen molar-refractivity contribution in [2.45, 2.75) is 65.9 Å². The summed E-state index contributed by atoms with van der Waals surface area (Å²) >= 11 is 0. The third kappa shape index (κ3) is 11.2. The Morgan fingerprint density at radius 1 is 1.17 bits per heavy atom. The first-order valence-corrected chi connectivity index (χ1v) is 6.39. The van der Waals surface area contributed by atoms with E-state index in [0.717, 1.165) is 19.3 Å². The molecule has 0 saturated heterocycles. The third-order valence-electron chi connectivity index (χ3n) is 2.06. The molecule has 0 fully saturated rings. The quantitative estimate of drug-likeness (QED) is 0.608. The van der Waals surface area contributed by atoms with Crippen LogP contribution in [0.15, 0.2) is 0 Å². The molecule has 0 aromatic carbocycles. The second kappa shape index (κ2) is 7.95. The van der Waals surface area contributed by atoms with Crippen molar-refractivity contribution in [3.63, 3.8) is 0 Å². The van der Waals surface area contributed by atoms with Gasteiger partial charge in [0, 0.05) is 6.42 Å². The van der Waals surface area contributed by atoms with Crippen LogP contribution >= 0.6 is 0 Å². The number of hydroxylamine groups is 1. The maximum absolute atomic E-state index is 11.3. The van der Waals surface area contributed by atoms with E-state index in [1.54, 1.807) is 20.8 Å². The van der Waals surface area contributed by atoms with Crippen LogP contribution in [-0.2, 0) is 14.4 Å². The van der Waals surface area contributed by atoms with E-state index >= 15 is 0 Å². The fraction of sp³-hybridized carbons (Fsp3) is 0.846. The Bertz CT molecular complexity index is 269. The molecule has 0 unspecified atom stereocenters. The summed E-state index contributed by atoms with van der Waals surface area (Å²) in [5.41, 5.74) is 1.37. The minimum atomic E-state index is -0.752. The first-order chi connectivity index (χ1) is 8.20. The molecular formula is C13H25NO4. The number of carbonyl (C=O) groups is 2. The van der Waals surface area contributed by atoms with Gasteiger partial charge in [-0.1, -0.05) is 26.7 Å². The molecule has 0 aromatic rings. The van der Waals surface area contributed by atoms with Crippen LogP contribution in [0.4, 0.5) is 4.79 Å². The van der Waals surface area contributed by atoms with Gasteiger partial charge in [0.2, 0.25) is 0 Å². The van der Waals surface area contributed by atoms with Gasteiger partial charge in [-0.2, -0.15) is 0 Å². The van der Waals surface area contributed by atoms with Crippen molar-refractivity contribution in [3.8, 4) is 0 Å². The lowest BCUT2D eigenvalue weighted by Crippen LogP contribution is -2.34. The number of ether oxygens (including phenoxy) is 1. The van der Waals surface area contributed by atoms with E-state index in [2.05, 4.69) is 18.7 Å². The zero-order valence-electron chi connectivity index (χ0n) is 12.0. The Labute approximate surface area is 109 Å². The van der Waals surface area contributed by atoms with Gasteiger partial charge in [0.15, 0.2) is 0 Å². The lowest BCUT2D eigenvalue weighted by molar-refractivity contribution is -0.150. The van der Waals surface area contributed by atoms with E-state index in [1.165, 1.54) is 0 Å². The second-order valence-electron chi connectivity index (χ2n) is 5.72. The average molecular weight is 259 g/mol. The van der Waals surface area contributed by atoms with Gasteiger partial charge in [-0.05, 0) is 33.1 Å². The first-order valence-electron chi connectivity index (χ1n) is 6.39. The summed E-state index contributed by atoms with van der Waals surface area (Å²) in [6, 6.07) is 0. The van der Waals surface area contributed by atoms with Crippen LogP contribution in [0.2, 0.25) is 0 Å². The smallest absolute Gasteiger partial charge is 0.441 e. The largest absolute Gasteiger partial charge is 0.442 e. The molecule has 0 heterocycles. The van der Waals surface area contributed by atoms with Gasteiger partial charge >= 0.3 is 12.1 Å². The van der Waals surface area contributed by atoms with Crippen molar-refractivity contribution in [1.82, 2.24) is 5.48 Å². The highest BCUT2D eigenvalue weighted by atomic mass is 16.7. The van der Waals surface area contributed by atoms with Gasteiger partial charge in [0.1, 0.15) is 5.60 Å². The van der Waals surface area contributed by atoms with Crippen molar-refractivity contribution < 1.29 is 19.2 Å². The molecular weight excluding hydrogens is 234 g/mol. The van der Waals surface area contributed by atoms with Crippen molar-refractivity contribution in [2.75, 3.05) is 0 Å². The highest BCUT2D eigenvalue weighted by Gasteiger charge is 2.17. The zero-order chi connectivity index (χ0) is 14.2. The Kier molecular flexibility index (Phi) is 7.39. The van der Waals surface area contributed by atoms with E-state index in [-0.39, 0.29) is 0 Å². The minimum absolute atomic E-state index is 0.308. The van der Waals surface area contributed by atoms with E-state index in [1.807, 2.05) is 5.48 Å². The van der Waals surface area contributed by atoms with Gasteiger partial charge < -0.3 is 9.57 Å². The summed E-state index contributed by atoms with van der Waals surface area (Å²) in [7, 11) is 0. The molecule has 18 heavy (non-hydrogen) atoms. The van der Waals surface area contributed by atoms with Crippen LogP contribution in [0.5, 0.6) is 0 Å². The fourth-order valence-corrected chi connectivity index (χ4v) is 1.27. The van der Waals surface area contributed by atoms with Crippen LogP contribution in [0, 0.1) is 5.92 Å². The lowest BCUT2D eigenvalue weighted by Gasteiger charge is -2.19. The van der Waals surface area contributed by atoms with Crippen LogP contribution in [0.25, 0.3) is 0 Å². The Morgan fingerprint density at radius 3 is 2.28 bits per heavy atom. The Balaban J connectivity index is 3.62. The average Bonchev–Trinajstić information content (AvgIpc) is 2.19. The number of hydrogen-bond acceptors (Lipinski definition) is 4. The topological polar surface area (TPSA) is 64.6 Å². The summed E-state index contributed by atoms with van der Waals surface area (Å²) < 4.78 is 4.92. The van der Waals surface area contributed by atoms with E-state index in [9.17, 15) is 9.59 Å². The summed E-state index contributed by atoms with van der Waals surface area (Å²) in [6.45, 7) is 9.49. The standard InChI is InChI=1S/C13H25NO4/c1-10(2)8-6-7-9-11(15)18-14-12(16)17-13(3,4)5/h10H,6-9H2,1-5H3,(H,14,16). The van der Waals surface area contributed by atoms with Crippen molar-refractivity contribution in [2.24, 2.45) is 5.92 Å². The molecule has 5 nitrogen and oxygen atoms in total. The number of unbranched alkanes of at least 4 members (excludes halogenated alkanes) is 1. The molecule has 0 aromatic heterocycles. The molecule has 5 heteroatoms. The zero-order valence-corrected chi connectivity index (χ0v) is 12.0. The Morgan fingerprint density at radius 2 is 1.78 bits per heavy atom. The van der Waals surface area contributed by atoms with Crippen LogP contribution in [0.1, 0.15) is 60.3 Å². The van der Waals surface area contributed by atoms with Crippen LogP contribution in [-0.4, -0.2) is 17.7 Å². The third-order valence-corrected chi connectivity index (χ3v) is 2.06. The molecule has 0 spiro atoms. The van der Waals surface area contributed by atoms with Gasteiger partial charge in [0.25, 0.3) is 0 Å². The number of carbonyl (C=O) groups excluding carboxylic acids is 2. The van der Waals surface area contributed by atoms with Crippen molar-refractivity contribution in [1.29, 1.82) is 0 Å². The molecule has 0 bridgehead atoms. The summed E-state index contributed by atoms with van der Waals surface area (Å²) in [6.07, 6.45) is 2.40.